The van der Waals surface area contributed by atoms with Crippen molar-refractivity contribution >= 4 is 0 Å². The van der Waals surface area contributed by atoms with Crippen LogP contribution in [0.1, 0.15) is 30.7 Å². The molecule has 0 bridgehead atoms. The summed E-state index contributed by atoms with van der Waals surface area (Å²) in [6, 6.07) is 3.92. The maximum atomic E-state index is 4.93. The van der Waals surface area contributed by atoms with Gasteiger partial charge in [-0.1, -0.05) is 10.3 Å². The van der Waals surface area contributed by atoms with Crippen LogP contribution < -0.4 is 0 Å². The van der Waals surface area contributed by atoms with Crippen molar-refractivity contribution in [2.45, 2.75) is 32.4 Å². The molecule has 2 aromatic rings. The summed E-state index contributed by atoms with van der Waals surface area (Å²) in [7, 11) is 0. The highest BCUT2D eigenvalue weighted by Gasteiger charge is 2.40. The van der Waals surface area contributed by atoms with Gasteiger partial charge in [0.15, 0.2) is 0 Å². The molecule has 2 aliphatic heterocycles. The number of hydrogen-bond acceptors (Lipinski definition) is 6. The first-order chi connectivity index (χ1) is 10.8. The van der Waals surface area contributed by atoms with E-state index in [1.54, 1.807) is 12.5 Å². The van der Waals surface area contributed by atoms with Crippen LogP contribution in [0.15, 0.2) is 33.7 Å². The fraction of sp³-hybridized carbons (Fsp3) is 0.625. The molecule has 0 atom stereocenters. The van der Waals surface area contributed by atoms with Crippen molar-refractivity contribution in [1.29, 1.82) is 0 Å². The van der Waals surface area contributed by atoms with Crippen molar-refractivity contribution in [3.05, 3.63) is 36.0 Å². The first kappa shape index (κ1) is 14.0. The standard InChI is InChI=1S/C16H22N4O2/c1-9-21-17-14(1)11-19-6-3-16(4-7-19)5-8-20(13-16)12-15-2-10-22-18-15/h1-2,9-10H,3-8,11-13H2. The average Bonchev–Trinajstić information content (AvgIpc) is 3.26. The Kier molecular flexibility index (Phi) is 3.72. The monoisotopic (exact) mass is 302 g/mol. The predicted octanol–water partition coefficient (Wildman–Crippen LogP) is 2.15. The van der Waals surface area contributed by atoms with E-state index >= 15 is 0 Å². The highest BCUT2D eigenvalue weighted by atomic mass is 16.5. The van der Waals surface area contributed by atoms with Crippen LogP contribution in [0.5, 0.6) is 0 Å². The lowest BCUT2D eigenvalue weighted by atomic mass is 9.78. The number of piperidine rings is 1. The highest BCUT2D eigenvalue weighted by Crippen LogP contribution is 2.40. The third kappa shape index (κ3) is 2.94. The second-order valence-corrected chi connectivity index (χ2v) is 6.72. The third-order valence-corrected chi connectivity index (χ3v) is 5.19. The Bertz CT molecular complexity index is 573. The van der Waals surface area contributed by atoms with Gasteiger partial charge in [-0.05, 0) is 44.3 Å². The average molecular weight is 302 g/mol. The van der Waals surface area contributed by atoms with E-state index in [1.165, 1.54) is 32.4 Å². The van der Waals surface area contributed by atoms with Crippen LogP contribution in [-0.4, -0.2) is 46.3 Å². The van der Waals surface area contributed by atoms with E-state index in [2.05, 4.69) is 20.1 Å². The molecule has 0 amide bonds. The van der Waals surface area contributed by atoms with Gasteiger partial charge < -0.3 is 9.05 Å². The zero-order valence-corrected chi connectivity index (χ0v) is 12.8. The van der Waals surface area contributed by atoms with Crippen molar-refractivity contribution in [2.24, 2.45) is 5.41 Å². The van der Waals surface area contributed by atoms with E-state index in [0.717, 1.165) is 37.6 Å². The molecular weight excluding hydrogens is 280 g/mol. The van der Waals surface area contributed by atoms with Crippen molar-refractivity contribution in [2.75, 3.05) is 26.2 Å². The largest absolute Gasteiger partial charge is 0.364 e. The molecule has 4 rings (SSSR count). The number of nitrogens with zero attached hydrogens (tertiary/aromatic N) is 4. The van der Waals surface area contributed by atoms with Crippen molar-refractivity contribution in [3.63, 3.8) is 0 Å². The first-order valence-electron chi connectivity index (χ1n) is 8.05. The van der Waals surface area contributed by atoms with Crippen molar-refractivity contribution in [1.82, 2.24) is 20.1 Å². The Hall–Kier alpha value is -1.66. The maximum absolute atomic E-state index is 4.93. The molecule has 2 saturated heterocycles. The van der Waals surface area contributed by atoms with E-state index in [9.17, 15) is 0 Å². The van der Waals surface area contributed by atoms with Gasteiger partial charge in [-0.15, -0.1) is 0 Å². The maximum Gasteiger partial charge on any atom is 0.124 e. The molecule has 118 valence electrons. The minimum absolute atomic E-state index is 0.504. The first-order valence-corrected chi connectivity index (χ1v) is 8.05. The molecule has 2 aromatic heterocycles. The third-order valence-electron chi connectivity index (χ3n) is 5.19. The minimum Gasteiger partial charge on any atom is -0.364 e. The minimum atomic E-state index is 0.504. The molecule has 2 fully saturated rings. The van der Waals surface area contributed by atoms with E-state index < -0.39 is 0 Å². The van der Waals surface area contributed by atoms with Gasteiger partial charge in [0.25, 0.3) is 0 Å². The Morgan fingerprint density at radius 1 is 0.864 bits per heavy atom. The fourth-order valence-electron chi connectivity index (χ4n) is 3.85. The van der Waals surface area contributed by atoms with Gasteiger partial charge >= 0.3 is 0 Å². The quantitative estimate of drug-likeness (QED) is 0.862. The van der Waals surface area contributed by atoms with Crippen LogP contribution in [0, 0.1) is 5.41 Å². The number of rotatable bonds is 4. The van der Waals surface area contributed by atoms with Gasteiger partial charge in [0, 0.05) is 31.8 Å². The van der Waals surface area contributed by atoms with E-state index in [-0.39, 0.29) is 0 Å². The molecule has 0 N–H and O–H groups in total. The van der Waals surface area contributed by atoms with Crippen LogP contribution in [0.2, 0.25) is 0 Å². The van der Waals surface area contributed by atoms with Crippen molar-refractivity contribution < 1.29 is 9.05 Å². The topological polar surface area (TPSA) is 58.5 Å². The summed E-state index contributed by atoms with van der Waals surface area (Å²) in [5.41, 5.74) is 2.58. The van der Waals surface area contributed by atoms with Crippen LogP contribution in [0.25, 0.3) is 0 Å². The molecule has 0 aliphatic carbocycles. The van der Waals surface area contributed by atoms with Crippen LogP contribution >= 0.6 is 0 Å². The molecule has 2 aliphatic rings. The summed E-state index contributed by atoms with van der Waals surface area (Å²) < 4.78 is 9.85. The SMILES string of the molecule is c1cc(CN2CCC3(CC2)CCN(Cc2ccon2)C3)no1. The van der Waals surface area contributed by atoms with Crippen LogP contribution in [-0.2, 0) is 13.1 Å². The Balaban J connectivity index is 1.29. The smallest absolute Gasteiger partial charge is 0.124 e. The molecule has 1 spiro atoms. The molecule has 22 heavy (non-hydrogen) atoms. The fourth-order valence-corrected chi connectivity index (χ4v) is 3.85. The van der Waals surface area contributed by atoms with E-state index in [0.29, 0.717) is 5.41 Å². The molecule has 0 saturated carbocycles. The Morgan fingerprint density at radius 3 is 1.95 bits per heavy atom. The summed E-state index contributed by atoms with van der Waals surface area (Å²) in [5.74, 6) is 0. The van der Waals surface area contributed by atoms with E-state index in [1.807, 2.05) is 12.1 Å². The molecular formula is C16H22N4O2. The molecule has 4 heterocycles. The number of likely N-dealkylation sites (tertiary alicyclic amines) is 2. The summed E-state index contributed by atoms with van der Waals surface area (Å²) in [6.07, 6.45) is 7.17. The van der Waals surface area contributed by atoms with Gasteiger partial charge in [-0.25, -0.2) is 0 Å². The molecule has 0 aromatic carbocycles. The predicted molar refractivity (Wildman–Crippen MR) is 79.8 cm³/mol. The highest BCUT2D eigenvalue weighted by molar-refractivity contribution is 5.01. The summed E-state index contributed by atoms with van der Waals surface area (Å²) in [5, 5.41) is 8.04. The van der Waals surface area contributed by atoms with Gasteiger partial charge in [0.05, 0.1) is 11.4 Å². The summed E-state index contributed by atoms with van der Waals surface area (Å²) in [4.78, 5) is 5.01. The zero-order valence-electron chi connectivity index (χ0n) is 12.8. The molecule has 6 heteroatoms. The lowest BCUT2D eigenvalue weighted by molar-refractivity contribution is 0.0999. The van der Waals surface area contributed by atoms with Gasteiger partial charge in [0.1, 0.15) is 12.5 Å². The molecule has 0 unspecified atom stereocenters. The molecule has 6 nitrogen and oxygen atoms in total. The normalized spacial score (nSPS) is 22.5. The summed E-state index contributed by atoms with van der Waals surface area (Å²) >= 11 is 0. The second kappa shape index (κ2) is 5.85. The molecule has 0 radical (unpaired) electrons. The van der Waals surface area contributed by atoms with Crippen LogP contribution in [0.3, 0.4) is 0 Å². The Morgan fingerprint density at radius 2 is 1.41 bits per heavy atom. The van der Waals surface area contributed by atoms with Gasteiger partial charge in [-0.2, -0.15) is 0 Å². The number of hydrogen-bond donors (Lipinski definition) is 0. The Labute approximate surface area is 130 Å². The zero-order chi connectivity index (χ0) is 14.8. The van der Waals surface area contributed by atoms with Gasteiger partial charge in [0.2, 0.25) is 0 Å². The second-order valence-electron chi connectivity index (χ2n) is 6.72. The van der Waals surface area contributed by atoms with Crippen LogP contribution in [0.4, 0.5) is 0 Å². The van der Waals surface area contributed by atoms with Crippen molar-refractivity contribution in [3.8, 4) is 0 Å². The van der Waals surface area contributed by atoms with E-state index in [4.69, 9.17) is 9.05 Å². The lowest BCUT2D eigenvalue weighted by Crippen LogP contribution is -2.41. The van der Waals surface area contributed by atoms with Gasteiger partial charge in [-0.3, -0.25) is 9.80 Å². The number of aromatic nitrogens is 2. The lowest BCUT2D eigenvalue weighted by Gasteiger charge is -2.39. The summed E-state index contributed by atoms with van der Waals surface area (Å²) in [6.45, 7) is 6.51.